The predicted octanol–water partition coefficient (Wildman–Crippen LogP) is 4.82. The summed E-state index contributed by atoms with van der Waals surface area (Å²) >= 11 is 0. The molecule has 0 bridgehead atoms. The Kier molecular flexibility index (Phi) is 20.9. The summed E-state index contributed by atoms with van der Waals surface area (Å²) in [6.45, 7) is 15.7. The first-order valence-electron chi connectivity index (χ1n) is 26.6. The van der Waals surface area contributed by atoms with Crippen molar-refractivity contribution in [3.8, 4) is 11.1 Å². The van der Waals surface area contributed by atoms with Crippen LogP contribution in [0, 0.1) is 11.8 Å². The molecule has 3 aromatic rings. The Bertz CT molecular complexity index is 2230. The summed E-state index contributed by atoms with van der Waals surface area (Å²) in [5, 5.41) is 68.2. The van der Waals surface area contributed by atoms with Gasteiger partial charge in [0.2, 0.25) is 0 Å². The molecule has 0 saturated carbocycles. The van der Waals surface area contributed by atoms with E-state index in [1.807, 2.05) is 74.1 Å². The first-order valence-corrected chi connectivity index (χ1v) is 26.6. The van der Waals surface area contributed by atoms with Crippen LogP contribution in [-0.2, 0) is 44.4 Å². The van der Waals surface area contributed by atoms with Crippen molar-refractivity contribution in [3.63, 3.8) is 0 Å². The molecule has 0 aliphatic carbocycles. The summed E-state index contributed by atoms with van der Waals surface area (Å²) in [6, 6.07) is 9.72. The van der Waals surface area contributed by atoms with Crippen LogP contribution in [0.2, 0.25) is 0 Å². The number of methoxy groups -OCH3 is 2. The van der Waals surface area contributed by atoms with E-state index in [0.717, 1.165) is 16.7 Å². The second kappa shape index (κ2) is 25.9. The van der Waals surface area contributed by atoms with Crippen molar-refractivity contribution >= 4 is 5.97 Å². The average Bonchev–Trinajstić information content (AvgIpc) is 3.85. The van der Waals surface area contributed by atoms with Crippen LogP contribution < -0.4 is 0 Å². The number of aliphatic hydroxyl groups excluding tert-OH is 3. The Hall–Kier alpha value is -3.61. The zero-order valence-electron chi connectivity index (χ0n) is 46.4. The maximum atomic E-state index is 14.9. The number of carbonyl (C=O) groups excluding carboxylic acids is 1. The average molecular weight is 1060 g/mol. The van der Waals surface area contributed by atoms with E-state index in [1.54, 1.807) is 67.2 Å². The molecular formula is C55H87FN6O13. The Morgan fingerprint density at radius 2 is 1.65 bits per heavy atom. The van der Waals surface area contributed by atoms with Crippen molar-refractivity contribution in [2.45, 2.75) is 203 Å². The number of cyclic esters (lactones) is 1. The number of hydrogen-bond acceptors (Lipinski definition) is 18. The third kappa shape index (κ3) is 14.4. The maximum absolute atomic E-state index is 14.9. The molecule has 2 aromatic heterocycles. The fraction of sp³-hybridized carbons (Fsp3) is 0.745. The standard InChI is InChI=1S/C55H87FN6O13/c1-14-44-55(9,68)49(64)35(5)61(11)30-32(2)26-53(7,67)45(25-43(34(4)51(66)74-44)73-46-27-54(8,70-13)50(65)36(6)72-46)75-52-47(63)41(24-33(3)71-52)60(10)23-21-40-31-62(59-58-40)42(28-56)48(69-12)38-19-17-37(18-20-38)39-16-15-22-57-29-39/h15-20,22,29,31-36,41-50,52,63-65,67-68H,14,21,23-28,30H2,1-13H3/t32-,33-,34-,35-,36+,41+,42-,43+,44-,45-,46+,47-,48-,49-,50+,52+,53-,54-,55-/m1/s1. The lowest BCUT2D eigenvalue weighted by molar-refractivity contribution is -0.308. The highest BCUT2D eigenvalue weighted by Gasteiger charge is 2.51. The van der Waals surface area contributed by atoms with Crippen molar-refractivity contribution in [2.75, 3.05) is 48.1 Å². The van der Waals surface area contributed by atoms with Crippen LogP contribution in [0.4, 0.5) is 4.39 Å². The maximum Gasteiger partial charge on any atom is 0.311 e. The summed E-state index contributed by atoms with van der Waals surface area (Å²) in [7, 11) is 6.75. The van der Waals surface area contributed by atoms with Gasteiger partial charge in [0.1, 0.15) is 48.8 Å². The lowest BCUT2D eigenvalue weighted by Crippen LogP contribution is -2.59. The molecule has 0 radical (unpaired) electrons. The highest BCUT2D eigenvalue weighted by Crippen LogP contribution is 2.39. The third-order valence-electron chi connectivity index (χ3n) is 16.4. The Morgan fingerprint density at radius 3 is 2.28 bits per heavy atom. The number of carbonyl (C=O) groups is 1. The fourth-order valence-electron chi connectivity index (χ4n) is 11.3. The number of rotatable bonds is 16. The van der Waals surface area contributed by atoms with Crippen LogP contribution in [0.5, 0.6) is 0 Å². The summed E-state index contributed by atoms with van der Waals surface area (Å²) in [5.41, 5.74) is -1.22. The van der Waals surface area contributed by atoms with Crippen molar-refractivity contribution in [2.24, 2.45) is 11.8 Å². The van der Waals surface area contributed by atoms with Crippen molar-refractivity contribution in [1.29, 1.82) is 0 Å². The number of esters is 1. The number of hydrogen-bond donors (Lipinski definition) is 5. The molecule has 5 heterocycles. The van der Waals surface area contributed by atoms with E-state index in [4.69, 9.17) is 33.2 Å². The molecule has 3 fully saturated rings. The molecular weight excluding hydrogens is 972 g/mol. The highest BCUT2D eigenvalue weighted by molar-refractivity contribution is 5.73. The summed E-state index contributed by atoms with van der Waals surface area (Å²) in [4.78, 5) is 22.5. The van der Waals surface area contributed by atoms with E-state index in [0.29, 0.717) is 31.6 Å². The molecule has 0 amide bonds. The van der Waals surface area contributed by atoms with Gasteiger partial charge in [0, 0.05) is 77.2 Å². The molecule has 3 aliphatic heterocycles. The predicted molar refractivity (Wildman–Crippen MR) is 277 cm³/mol. The monoisotopic (exact) mass is 1060 g/mol. The molecule has 1 aromatic carbocycles. The Morgan fingerprint density at radius 1 is 0.947 bits per heavy atom. The lowest BCUT2D eigenvalue weighted by atomic mass is 9.83. The molecule has 6 rings (SSSR count). The number of nitrogens with zero attached hydrogens (tertiary/aromatic N) is 6. The van der Waals surface area contributed by atoms with Crippen LogP contribution in [0.1, 0.15) is 118 Å². The molecule has 422 valence electrons. The van der Waals surface area contributed by atoms with Gasteiger partial charge in [0.25, 0.3) is 0 Å². The third-order valence-corrected chi connectivity index (χ3v) is 16.4. The van der Waals surface area contributed by atoms with Crippen LogP contribution in [0.15, 0.2) is 55.0 Å². The Labute approximate surface area is 442 Å². The SMILES string of the molecule is CC[C@H]1OC(=O)[C@H](C)[C@@H](O[C@H]2C[C@@](C)(OC)[C@@H](O)[C@H](C)O2)C[C@@H](O[C@@H]2O[C@H](C)C[C@H](N(C)CCc3cn([C@H](CF)[C@H](OC)c4ccc(-c5cccnc5)cc4)nn3)[C@H]2O)[C@](C)(O)C[C@@H](C)CN(C)[C@H](C)[C@@H](O)[C@]1(C)O. The normalized spacial score (nSPS) is 37.8. The molecule has 20 heteroatoms. The molecule has 75 heavy (non-hydrogen) atoms. The fourth-order valence-corrected chi connectivity index (χ4v) is 11.3. The number of pyridine rings is 1. The largest absolute Gasteiger partial charge is 0.459 e. The first-order chi connectivity index (χ1) is 35.4. The quantitative estimate of drug-likeness (QED) is 0.121. The van der Waals surface area contributed by atoms with Gasteiger partial charge in [-0.05, 0) is 110 Å². The minimum absolute atomic E-state index is 0.0909. The van der Waals surface area contributed by atoms with Crippen LogP contribution >= 0.6 is 0 Å². The molecule has 19 nitrogen and oxygen atoms in total. The molecule has 0 unspecified atom stereocenters. The number of halogens is 1. The second-order valence-corrected chi connectivity index (χ2v) is 22.4. The minimum Gasteiger partial charge on any atom is -0.459 e. The topological polar surface area (TPSA) is 233 Å². The second-order valence-electron chi connectivity index (χ2n) is 22.4. The first kappa shape index (κ1) is 60.6. The van der Waals surface area contributed by atoms with Gasteiger partial charge in [0.15, 0.2) is 12.6 Å². The molecule has 19 atom stereocenters. The Balaban J connectivity index is 1.23. The van der Waals surface area contributed by atoms with Gasteiger partial charge in [-0.15, -0.1) is 5.10 Å². The number of benzene rings is 1. The van der Waals surface area contributed by atoms with E-state index in [-0.39, 0.29) is 31.6 Å². The highest BCUT2D eigenvalue weighted by atomic mass is 19.1. The van der Waals surface area contributed by atoms with Gasteiger partial charge in [-0.25, -0.2) is 9.07 Å². The van der Waals surface area contributed by atoms with Crippen LogP contribution in [0.3, 0.4) is 0 Å². The van der Waals surface area contributed by atoms with Gasteiger partial charge in [0.05, 0.1) is 47.2 Å². The van der Waals surface area contributed by atoms with E-state index in [9.17, 15) is 34.7 Å². The molecule has 0 spiro atoms. The number of alkyl halides is 1. The van der Waals surface area contributed by atoms with E-state index in [1.165, 1.54) is 18.7 Å². The van der Waals surface area contributed by atoms with Gasteiger partial charge in [-0.2, -0.15) is 0 Å². The molecule has 3 aliphatic rings. The van der Waals surface area contributed by atoms with E-state index >= 15 is 0 Å². The van der Waals surface area contributed by atoms with Gasteiger partial charge < -0.3 is 68.5 Å². The van der Waals surface area contributed by atoms with E-state index in [2.05, 4.69) is 15.3 Å². The van der Waals surface area contributed by atoms with Gasteiger partial charge in [-0.1, -0.05) is 49.4 Å². The van der Waals surface area contributed by atoms with Gasteiger partial charge in [-0.3, -0.25) is 9.78 Å². The minimum atomic E-state index is -1.84. The zero-order chi connectivity index (χ0) is 55.2. The van der Waals surface area contributed by atoms with Crippen LogP contribution in [0.25, 0.3) is 11.1 Å². The molecule has 3 saturated heterocycles. The van der Waals surface area contributed by atoms with Crippen molar-refractivity contribution < 1.29 is 67.9 Å². The number of aliphatic hydroxyl groups is 5. The smallest absolute Gasteiger partial charge is 0.311 e. The van der Waals surface area contributed by atoms with Crippen molar-refractivity contribution in [3.05, 3.63) is 66.2 Å². The zero-order valence-corrected chi connectivity index (χ0v) is 46.4. The van der Waals surface area contributed by atoms with Crippen molar-refractivity contribution in [1.82, 2.24) is 29.8 Å². The number of aromatic nitrogens is 4. The summed E-state index contributed by atoms with van der Waals surface area (Å²) in [6.07, 6.45) is -4.42. The van der Waals surface area contributed by atoms with E-state index < -0.39 is 121 Å². The van der Waals surface area contributed by atoms with Gasteiger partial charge >= 0.3 is 5.97 Å². The number of ether oxygens (including phenoxy) is 7. The summed E-state index contributed by atoms with van der Waals surface area (Å²) < 4.78 is 60.2. The molecule has 5 N–H and O–H groups in total. The number of likely N-dealkylation sites (N-methyl/N-ethyl adjacent to an activating group) is 2. The van der Waals surface area contributed by atoms with Crippen LogP contribution in [-0.4, -0.2) is 200 Å². The lowest BCUT2D eigenvalue weighted by Gasteiger charge is -2.47. The summed E-state index contributed by atoms with van der Waals surface area (Å²) in [5.74, 6) is -1.99.